The topological polar surface area (TPSA) is 115 Å². The van der Waals surface area contributed by atoms with Crippen molar-refractivity contribution in [3.63, 3.8) is 0 Å². The van der Waals surface area contributed by atoms with Gasteiger partial charge in [0.1, 0.15) is 5.69 Å². The number of amides is 1. The Hall–Kier alpha value is -4.01. The number of nitrogens with zero attached hydrogens (tertiary/aromatic N) is 4. The van der Waals surface area contributed by atoms with Gasteiger partial charge in [-0.1, -0.05) is 33.8 Å². The molecule has 0 atom stereocenters. The van der Waals surface area contributed by atoms with Gasteiger partial charge in [-0.3, -0.25) is 4.79 Å². The number of aromatic amines is 1. The number of carbonyl (C=O) groups excluding carboxylic acids is 2. The lowest BCUT2D eigenvalue weighted by atomic mass is 10.1. The average molecular weight is 491 g/mol. The lowest BCUT2D eigenvalue weighted by molar-refractivity contribution is -0.117. The monoisotopic (exact) mass is 490 g/mol. The number of H-pyrrole nitrogens is 1. The molecular formula is C27H34N6O3. The Balaban J connectivity index is 0.000000861. The molecule has 190 valence electrons. The number of esters is 1. The highest BCUT2D eigenvalue weighted by Crippen LogP contribution is 2.33. The quantitative estimate of drug-likeness (QED) is 0.356. The lowest BCUT2D eigenvalue weighted by Gasteiger charge is -2.07. The van der Waals surface area contributed by atoms with E-state index in [-0.39, 0.29) is 11.8 Å². The second-order valence-electron chi connectivity index (χ2n) is 7.97. The van der Waals surface area contributed by atoms with Crippen LogP contribution < -0.4 is 5.32 Å². The van der Waals surface area contributed by atoms with Crippen LogP contribution in [0.25, 0.3) is 33.8 Å². The molecule has 0 aromatic carbocycles. The molecule has 1 saturated carbocycles. The highest BCUT2D eigenvalue weighted by Gasteiger charge is 2.30. The van der Waals surface area contributed by atoms with Gasteiger partial charge in [-0.25, -0.2) is 19.7 Å². The number of aromatic nitrogens is 5. The number of hydrogen-bond acceptors (Lipinski definition) is 6. The minimum Gasteiger partial charge on any atom is -0.465 e. The summed E-state index contributed by atoms with van der Waals surface area (Å²) in [5.41, 5.74) is 3.86. The number of ether oxygens (including phenoxy) is 1. The fourth-order valence-corrected chi connectivity index (χ4v) is 3.75. The van der Waals surface area contributed by atoms with E-state index in [2.05, 4.69) is 20.3 Å². The number of rotatable bonds is 5. The summed E-state index contributed by atoms with van der Waals surface area (Å²) in [4.78, 5) is 41.6. The zero-order chi connectivity index (χ0) is 26.4. The first kappa shape index (κ1) is 26.6. The predicted molar refractivity (Wildman–Crippen MR) is 142 cm³/mol. The number of imidazole rings is 1. The molecule has 0 saturated heterocycles. The van der Waals surface area contributed by atoms with Gasteiger partial charge in [0.05, 0.1) is 35.3 Å². The second kappa shape index (κ2) is 11.6. The third-order valence-electron chi connectivity index (χ3n) is 5.51. The number of anilines is 1. The molecule has 36 heavy (non-hydrogen) atoms. The minimum atomic E-state index is -0.502. The normalized spacial score (nSPS) is 12.2. The van der Waals surface area contributed by atoms with Crippen LogP contribution in [-0.2, 0) is 16.6 Å². The third-order valence-corrected chi connectivity index (χ3v) is 5.51. The van der Waals surface area contributed by atoms with Crippen molar-refractivity contribution in [2.75, 3.05) is 12.4 Å². The molecular weight excluding hydrogens is 456 g/mol. The van der Waals surface area contributed by atoms with Crippen LogP contribution in [0, 0.1) is 12.8 Å². The molecule has 1 aliphatic carbocycles. The molecule has 9 heteroatoms. The van der Waals surface area contributed by atoms with Crippen molar-refractivity contribution in [1.29, 1.82) is 0 Å². The van der Waals surface area contributed by atoms with Crippen molar-refractivity contribution in [3.05, 3.63) is 47.9 Å². The van der Waals surface area contributed by atoms with Crippen molar-refractivity contribution in [1.82, 2.24) is 24.5 Å². The fraction of sp³-hybridized carbons (Fsp3) is 0.370. The van der Waals surface area contributed by atoms with Crippen LogP contribution in [0.15, 0.2) is 36.7 Å². The van der Waals surface area contributed by atoms with Crippen molar-refractivity contribution in [2.24, 2.45) is 13.0 Å². The Bertz CT molecular complexity index is 1370. The summed E-state index contributed by atoms with van der Waals surface area (Å²) in [6.07, 6.45) is 5.13. The van der Waals surface area contributed by atoms with Gasteiger partial charge in [-0.2, -0.15) is 0 Å². The number of methoxy groups -OCH3 is 1. The van der Waals surface area contributed by atoms with E-state index in [0.29, 0.717) is 33.7 Å². The first-order valence-corrected chi connectivity index (χ1v) is 12.3. The molecule has 4 aromatic rings. The van der Waals surface area contributed by atoms with Crippen LogP contribution in [0.2, 0.25) is 0 Å². The summed E-state index contributed by atoms with van der Waals surface area (Å²) in [6, 6.07) is 7.50. The number of aryl methyl sites for hydroxylation is 2. The maximum absolute atomic E-state index is 12.3. The van der Waals surface area contributed by atoms with E-state index >= 15 is 0 Å². The van der Waals surface area contributed by atoms with Crippen molar-refractivity contribution < 1.29 is 14.3 Å². The van der Waals surface area contributed by atoms with Gasteiger partial charge in [0.15, 0.2) is 11.6 Å². The number of pyridine rings is 2. The van der Waals surface area contributed by atoms with Crippen molar-refractivity contribution in [3.8, 4) is 22.9 Å². The summed E-state index contributed by atoms with van der Waals surface area (Å²) in [5, 5.41) is 3.48. The van der Waals surface area contributed by atoms with Gasteiger partial charge in [0, 0.05) is 30.7 Å². The third kappa shape index (κ3) is 5.45. The van der Waals surface area contributed by atoms with Gasteiger partial charge >= 0.3 is 5.97 Å². The molecule has 1 fully saturated rings. The number of nitrogens with one attached hydrogen (secondary N) is 2. The fourth-order valence-electron chi connectivity index (χ4n) is 3.75. The molecule has 9 nitrogen and oxygen atoms in total. The number of fused-ring (bicyclic) bond motifs is 1. The van der Waals surface area contributed by atoms with Crippen LogP contribution in [0.4, 0.5) is 5.82 Å². The van der Waals surface area contributed by atoms with Gasteiger partial charge in [-0.15, -0.1) is 0 Å². The molecule has 0 aliphatic heterocycles. The molecule has 1 amide bonds. The molecule has 2 N–H and O–H groups in total. The Kier molecular flexibility index (Phi) is 8.58. The maximum atomic E-state index is 12.3. The molecule has 1 aliphatic rings. The lowest BCUT2D eigenvalue weighted by Crippen LogP contribution is -2.15. The molecule has 0 bridgehead atoms. The highest BCUT2D eigenvalue weighted by molar-refractivity contribution is 6.09. The molecule has 4 aromatic heterocycles. The van der Waals surface area contributed by atoms with E-state index in [1.807, 2.05) is 76.7 Å². The van der Waals surface area contributed by atoms with Crippen LogP contribution in [0.5, 0.6) is 0 Å². The Morgan fingerprint density at radius 2 is 1.81 bits per heavy atom. The Morgan fingerprint density at radius 1 is 1.11 bits per heavy atom. The van der Waals surface area contributed by atoms with Gasteiger partial charge in [0.2, 0.25) is 5.91 Å². The minimum absolute atomic E-state index is 0.0288. The first-order chi connectivity index (χ1) is 17.4. The number of hydrogen-bond donors (Lipinski definition) is 2. The van der Waals surface area contributed by atoms with Crippen LogP contribution in [0.1, 0.15) is 56.6 Å². The summed E-state index contributed by atoms with van der Waals surface area (Å²) in [6.45, 7) is 9.93. The summed E-state index contributed by atoms with van der Waals surface area (Å²) in [7, 11) is 3.25. The van der Waals surface area contributed by atoms with E-state index in [0.717, 1.165) is 30.1 Å². The Labute approximate surface area is 211 Å². The van der Waals surface area contributed by atoms with Crippen molar-refractivity contribution >= 4 is 28.6 Å². The largest absolute Gasteiger partial charge is 0.465 e. The van der Waals surface area contributed by atoms with Crippen LogP contribution >= 0.6 is 0 Å². The standard InChI is InChI=1S/C23H22N6O3.2C2H6/c1-12-11-29(2)21(25-12)17-6-4-5-16(26-17)18-9-14-15(23(31)32-3)10-24-20(19(14)27-18)28-22(30)13-7-8-13;2*1-2/h4-6,9-11,13,27H,7-8H2,1-3H3,(H,24,28,30);2*1-2H3. The van der Waals surface area contributed by atoms with E-state index < -0.39 is 5.97 Å². The van der Waals surface area contributed by atoms with E-state index in [1.54, 1.807) is 0 Å². The predicted octanol–water partition coefficient (Wildman–Crippen LogP) is 5.52. The zero-order valence-electron chi connectivity index (χ0n) is 22.0. The van der Waals surface area contributed by atoms with Crippen LogP contribution in [0.3, 0.4) is 0 Å². The molecule has 0 unspecified atom stereocenters. The highest BCUT2D eigenvalue weighted by atomic mass is 16.5. The van der Waals surface area contributed by atoms with Gasteiger partial charge < -0.3 is 19.6 Å². The first-order valence-electron chi connectivity index (χ1n) is 12.3. The van der Waals surface area contributed by atoms with E-state index in [1.165, 1.54) is 13.3 Å². The van der Waals surface area contributed by atoms with Crippen molar-refractivity contribution in [2.45, 2.75) is 47.5 Å². The van der Waals surface area contributed by atoms with E-state index in [9.17, 15) is 9.59 Å². The SMILES string of the molecule is CC.CC.COC(=O)c1cnc(NC(=O)C2CC2)c2[nH]c(-c3cccc(-c4nc(C)cn4C)n3)cc12. The average Bonchev–Trinajstić information content (AvgIpc) is 3.58. The summed E-state index contributed by atoms with van der Waals surface area (Å²) in [5.74, 6) is 0.604. The Morgan fingerprint density at radius 3 is 2.42 bits per heavy atom. The summed E-state index contributed by atoms with van der Waals surface area (Å²) >= 11 is 0. The second-order valence-corrected chi connectivity index (χ2v) is 7.97. The van der Waals surface area contributed by atoms with Crippen LogP contribution in [-0.4, -0.2) is 43.5 Å². The molecule has 0 spiro atoms. The van der Waals surface area contributed by atoms with Gasteiger partial charge in [0.25, 0.3) is 0 Å². The summed E-state index contributed by atoms with van der Waals surface area (Å²) < 4.78 is 6.84. The molecule has 5 rings (SSSR count). The maximum Gasteiger partial charge on any atom is 0.340 e. The zero-order valence-corrected chi connectivity index (χ0v) is 22.0. The van der Waals surface area contributed by atoms with E-state index in [4.69, 9.17) is 9.72 Å². The smallest absolute Gasteiger partial charge is 0.340 e. The van der Waals surface area contributed by atoms with Gasteiger partial charge in [-0.05, 0) is 38.0 Å². The molecule has 0 radical (unpaired) electrons. The number of carbonyl (C=O) groups is 2. The molecule has 4 heterocycles.